The number of nitrogens with two attached hydrogens (primary N) is 1. The van der Waals surface area contributed by atoms with E-state index >= 15 is 0 Å². The summed E-state index contributed by atoms with van der Waals surface area (Å²) in [4.78, 5) is 9.47. The quantitative estimate of drug-likeness (QED) is 0.516. The molecule has 1 aliphatic rings. The fraction of sp³-hybridized carbons (Fsp3) is 0.292. The van der Waals surface area contributed by atoms with Crippen molar-refractivity contribution in [2.75, 3.05) is 11.9 Å². The number of rotatable bonds is 5. The summed E-state index contributed by atoms with van der Waals surface area (Å²) in [5.74, 6) is 2.20. The first-order chi connectivity index (χ1) is 14.6. The number of fused-ring (bicyclic) bond motifs is 1. The number of nitrogens with zero attached hydrogens (tertiary/aromatic N) is 4. The summed E-state index contributed by atoms with van der Waals surface area (Å²) in [7, 11) is 0. The Morgan fingerprint density at radius 2 is 1.73 bits per heavy atom. The highest BCUT2D eigenvalue weighted by Crippen LogP contribution is 2.41. The molecule has 0 saturated heterocycles. The van der Waals surface area contributed by atoms with Gasteiger partial charge >= 0.3 is 0 Å². The highest BCUT2D eigenvalue weighted by atomic mass is 15.4. The van der Waals surface area contributed by atoms with Crippen LogP contribution in [0.5, 0.6) is 0 Å². The summed E-state index contributed by atoms with van der Waals surface area (Å²) in [5, 5.41) is 8.08. The average Bonchev–Trinajstić information content (AvgIpc) is 3.13. The van der Waals surface area contributed by atoms with Gasteiger partial charge in [-0.15, -0.1) is 5.10 Å². The largest absolute Gasteiger partial charge is 0.370 e. The molecule has 3 N–H and O–H groups in total. The van der Waals surface area contributed by atoms with E-state index in [1.54, 1.807) is 0 Å². The Labute approximate surface area is 176 Å². The van der Waals surface area contributed by atoms with Crippen molar-refractivity contribution in [3.8, 4) is 22.4 Å². The predicted octanol–water partition coefficient (Wildman–Crippen LogP) is 4.54. The third kappa shape index (κ3) is 3.04. The minimum atomic E-state index is -0.169. The molecule has 2 aromatic heterocycles. The van der Waals surface area contributed by atoms with Gasteiger partial charge < -0.3 is 11.1 Å². The summed E-state index contributed by atoms with van der Waals surface area (Å²) in [5.41, 5.74) is 11.6. The monoisotopic (exact) mass is 398 g/mol. The zero-order valence-electron chi connectivity index (χ0n) is 17.4. The van der Waals surface area contributed by atoms with Crippen molar-refractivity contribution in [1.82, 2.24) is 19.6 Å². The lowest BCUT2D eigenvalue weighted by Crippen LogP contribution is -2.43. The maximum absolute atomic E-state index is 6.53. The number of aryl methyl sites for hydroxylation is 1. The van der Waals surface area contributed by atoms with Crippen LogP contribution in [-0.2, 0) is 5.54 Å². The van der Waals surface area contributed by atoms with Crippen molar-refractivity contribution in [3.63, 3.8) is 0 Å². The van der Waals surface area contributed by atoms with Crippen LogP contribution < -0.4 is 11.1 Å². The molecule has 0 amide bonds. The van der Waals surface area contributed by atoms with Crippen molar-refractivity contribution in [2.45, 2.75) is 38.6 Å². The van der Waals surface area contributed by atoms with Gasteiger partial charge in [0.2, 0.25) is 0 Å². The van der Waals surface area contributed by atoms with Crippen LogP contribution in [0.15, 0.2) is 54.6 Å². The minimum absolute atomic E-state index is 0.169. The number of hydrogen-bond acceptors (Lipinski definition) is 5. The molecule has 0 spiro atoms. The first-order valence-corrected chi connectivity index (χ1v) is 10.6. The lowest BCUT2D eigenvalue weighted by molar-refractivity contribution is 0.253. The number of hydrogen-bond donors (Lipinski definition) is 2. The van der Waals surface area contributed by atoms with Crippen LogP contribution in [0.4, 0.5) is 5.82 Å². The molecule has 1 saturated carbocycles. The lowest BCUT2D eigenvalue weighted by atomic mass is 9.72. The van der Waals surface area contributed by atoms with Gasteiger partial charge in [-0.25, -0.2) is 4.98 Å². The average molecular weight is 399 g/mol. The second kappa shape index (κ2) is 7.22. The summed E-state index contributed by atoms with van der Waals surface area (Å²) in [6, 6.07) is 18.9. The van der Waals surface area contributed by atoms with Crippen molar-refractivity contribution >= 4 is 11.6 Å². The van der Waals surface area contributed by atoms with Gasteiger partial charge in [-0.3, -0.25) is 0 Å². The highest BCUT2D eigenvalue weighted by molar-refractivity contribution is 5.89. The highest BCUT2D eigenvalue weighted by Gasteiger charge is 2.34. The van der Waals surface area contributed by atoms with Crippen molar-refractivity contribution < 1.29 is 0 Å². The van der Waals surface area contributed by atoms with Crippen LogP contribution in [0, 0.1) is 6.92 Å². The van der Waals surface area contributed by atoms with Gasteiger partial charge in [0.15, 0.2) is 0 Å². The second-order valence-electron chi connectivity index (χ2n) is 8.04. The van der Waals surface area contributed by atoms with Gasteiger partial charge in [-0.1, -0.05) is 54.6 Å². The van der Waals surface area contributed by atoms with Gasteiger partial charge in [0.25, 0.3) is 5.78 Å². The molecule has 0 aliphatic heterocycles. The Kier molecular flexibility index (Phi) is 4.51. The van der Waals surface area contributed by atoms with Gasteiger partial charge in [-0.05, 0) is 44.2 Å². The standard InChI is InChI=1S/C24H26N6/c1-3-26-22-20(17-8-5-4-6-9-17)21(28-23-27-16(2)29-30(22)23)18-10-12-19(13-11-18)24(25)14-7-15-24/h4-6,8-13,26H,3,7,14-15,25H2,1-2H3. The molecule has 0 bridgehead atoms. The van der Waals surface area contributed by atoms with Gasteiger partial charge in [0.1, 0.15) is 11.6 Å². The van der Waals surface area contributed by atoms with Crippen molar-refractivity contribution in [1.29, 1.82) is 0 Å². The molecule has 6 heteroatoms. The number of nitrogens with one attached hydrogen (secondary N) is 1. The number of benzene rings is 2. The fourth-order valence-electron chi connectivity index (χ4n) is 4.22. The van der Waals surface area contributed by atoms with E-state index in [-0.39, 0.29) is 5.54 Å². The molecular formula is C24H26N6. The third-order valence-electron chi connectivity index (χ3n) is 5.98. The predicted molar refractivity (Wildman–Crippen MR) is 120 cm³/mol. The maximum Gasteiger partial charge on any atom is 0.254 e. The first kappa shape index (κ1) is 18.8. The van der Waals surface area contributed by atoms with E-state index in [1.165, 1.54) is 12.0 Å². The van der Waals surface area contributed by atoms with E-state index < -0.39 is 0 Å². The molecule has 0 radical (unpaired) electrons. The van der Waals surface area contributed by atoms with E-state index in [4.69, 9.17) is 10.7 Å². The van der Waals surface area contributed by atoms with Gasteiger partial charge in [0.05, 0.1) is 11.3 Å². The number of anilines is 1. The molecule has 0 unspecified atom stereocenters. The Balaban J connectivity index is 1.74. The topological polar surface area (TPSA) is 81.1 Å². The SMILES string of the molecule is CCNc1c(-c2ccccc2)c(-c2ccc(C3(N)CCC3)cc2)nc2nc(C)nn12. The minimum Gasteiger partial charge on any atom is -0.370 e. The van der Waals surface area contributed by atoms with Crippen LogP contribution in [0.3, 0.4) is 0 Å². The molecule has 1 fully saturated rings. The Hall–Kier alpha value is -3.25. The molecule has 0 atom stereocenters. The van der Waals surface area contributed by atoms with Crippen molar-refractivity contribution in [3.05, 3.63) is 66.0 Å². The van der Waals surface area contributed by atoms with Crippen LogP contribution in [0.2, 0.25) is 0 Å². The molecule has 6 nitrogen and oxygen atoms in total. The fourth-order valence-corrected chi connectivity index (χ4v) is 4.22. The summed E-state index contributed by atoms with van der Waals surface area (Å²) >= 11 is 0. The Morgan fingerprint density at radius 1 is 1.00 bits per heavy atom. The molecule has 2 aromatic carbocycles. The van der Waals surface area contributed by atoms with E-state index in [9.17, 15) is 0 Å². The smallest absolute Gasteiger partial charge is 0.254 e. The summed E-state index contributed by atoms with van der Waals surface area (Å²) in [6.07, 6.45) is 3.30. The Morgan fingerprint density at radius 3 is 2.37 bits per heavy atom. The molecule has 152 valence electrons. The second-order valence-corrected chi connectivity index (χ2v) is 8.04. The van der Waals surface area contributed by atoms with E-state index in [0.29, 0.717) is 11.6 Å². The molecule has 4 aromatic rings. The molecule has 1 aliphatic carbocycles. The van der Waals surface area contributed by atoms with Crippen LogP contribution in [0.25, 0.3) is 28.2 Å². The van der Waals surface area contributed by atoms with Gasteiger partial charge in [0, 0.05) is 17.6 Å². The lowest BCUT2D eigenvalue weighted by Gasteiger charge is -2.38. The molecule has 2 heterocycles. The van der Waals surface area contributed by atoms with Gasteiger partial charge in [-0.2, -0.15) is 9.50 Å². The summed E-state index contributed by atoms with van der Waals surface area (Å²) in [6.45, 7) is 4.74. The van der Waals surface area contributed by atoms with E-state index in [2.05, 4.69) is 58.7 Å². The van der Waals surface area contributed by atoms with Crippen LogP contribution in [0.1, 0.15) is 37.6 Å². The normalized spacial score (nSPS) is 15.2. The third-order valence-corrected chi connectivity index (χ3v) is 5.98. The molecular weight excluding hydrogens is 372 g/mol. The molecule has 30 heavy (non-hydrogen) atoms. The van der Waals surface area contributed by atoms with E-state index in [0.717, 1.165) is 47.6 Å². The zero-order valence-corrected chi connectivity index (χ0v) is 17.4. The maximum atomic E-state index is 6.53. The zero-order chi connectivity index (χ0) is 20.7. The molecule has 5 rings (SSSR count). The number of aromatic nitrogens is 4. The van der Waals surface area contributed by atoms with Crippen molar-refractivity contribution in [2.24, 2.45) is 5.73 Å². The van der Waals surface area contributed by atoms with Crippen LogP contribution >= 0.6 is 0 Å². The van der Waals surface area contributed by atoms with Crippen LogP contribution in [-0.4, -0.2) is 26.1 Å². The first-order valence-electron chi connectivity index (χ1n) is 10.6. The van der Waals surface area contributed by atoms with E-state index in [1.807, 2.05) is 29.6 Å². The Bertz CT molecular complexity index is 1190. The summed E-state index contributed by atoms with van der Waals surface area (Å²) < 4.78 is 1.81.